The predicted octanol–water partition coefficient (Wildman–Crippen LogP) is 12.8. The van der Waals surface area contributed by atoms with Gasteiger partial charge in [-0.05, 0) is 154 Å². The summed E-state index contributed by atoms with van der Waals surface area (Å²) in [6.07, 6.45) is 16.5. The van der Waals surface area contributed by atoms with Crippen LogP contribution in [0.25, 0.3) is 66.1 Å². The number of nitrogen functional groups attached to an aromatic ring is 3. The molecule has 15 rings (SSSR count). The molecule has 0 unspecified atom stereocenters. The summed E-state index contributed by atoms with van der Waals surface area (Å²) in [5.41, 5.74) is 23.2. The summed E-state index contributed by atoms with van der Waals surface area (Å²) in [6.45, 7) is 11.1. The van der Waals surface area contributed by atoms with Gasteiger partial charge in [0.15, 0.2) is 58.0 Å². The van der Waals surface area contributed by atoms with E-state index in [4.69, 9.17) is 31.4 Å². The highest BCUT2D eigenvalue weighted by Crippen LogP contribution is 2.41. The smallest absolute Gasteiger partial charge is 0.288 e. The van der Waals surface area contributed by atoms with Gasteiger partial charge in [0.25, 0.3) is 16.7 Å². The lowest BCUT2D eigenvalue weighted by Gasteiger charge is -2.33. The number of carbonyl (C=O) groups excluding carboxylic acids is 3. The van der Waals surface area contributed by atoms with Crippen molar-refractivity contribution in [3.63, 3.8) is 0 Å². The van der Waals surface area contributed by atoms with Crippen molar-refractivity contribution in [1.29, 1.82) is 0 Å². The average Bonchev–Trinajstić information content (AvgIpc) is 1.61. The lowest BCUT2D eigenvalue weighted by molar-refractivity contribution is -0.128. The van der Waals surface area contributed by atoms with Crippen molar-refractivity contribution in [1.82, 2.24) is 63.9 Å². The van der Waals surface area contributed by atoms with Crippen LogP contribution in [-0.4, -0.2) is 142 Å². The molecule has 12 aromatic rings. The maximum Gasteiger partial charge on any atom is 0.288 e. The van der Waals surface area contributed by atoms with Crippen LogP contribution in [0, 0.1) is 23.3 Å². The number of piperidine rings is 3. The number of halogens is 4. The largest absolute Gasteiger partial charge is 0.454 e. The van der Waals surface area contributed by atoms with E-state index in [0.717, 1.165) is 72.9 Å². The number of likely N-dealkylation sites (tertiary alicyclic amines) is 3. The van der Waals surface area contributed by atoms with Crippen LogP contribution in [0.4, 0.5) is 35.0 Å². The van der Waals surface area contributed by atoms with Crippen LogP contribution < -0.4 is 48.1 Å². The topological polar surface area (TPSA) is 322 Å². The van der Waals surface area contributed by atoms with Gasteiger partial charge in [0.2, 0.25) is 17.7 Å². The number of anilines is 3. The van der Waals surface area contributed by atoms with Crippen LogP contribution in [0.3, 0.4) is 0 Å². The van der Waals surface area contributed by atoms with E-state index < -0.39 is 34.6 Å². The third kappa shape index (κ3) is 16.0. The molecule has 3 fully saturated rings. The van der Waals surface area contributed by atoms with Crippen LogP contribution >= 0.6 is 0 Å². The third-order valence-electron chi connectivity index (χ3n) is 19.5. The molecule has 6 aromatic carbocycles. The minimum Gasteiger partial charge on any atom is -0.454 e. The van der Waals surface area contributed by atoms with Crippen LogP contribution in [0.1, 0.15) is 56.7 Å². The molecule has 110 heavy (non-hydrogen) atoms. The molecule has 0 spiro atoms. The molecule has 9 heterocycles. The Kier molecular flexibility index (Phi) is 22.4. The number of aromatic nitrogens is 9. The maximum absolute atomic E-state index is 14.0. The summed E-state index contributed by atoms with van der Waals surface area (Å²) in [7, 11) is 3.89. The van der Waals surface area contributed by atoms with Crippen molar-refractivity contribution < 1.29 is 46.2 Å². The first-order valence-electron chi connectivity index (χ1n) is 35.5. The molecule has 3 aliphatic rings. The number of H-pyrrole nitrogens is 3. The molecule has 6 aromatic heterocycles. The van der Waals surface area contributed by atoms with Crippen molar-refractivity contribution in [2.24, 2.45) is 0 Å². The van der Waals surface area contributed by atoms with E-state index in [-0.39, 0.29) is 81.7 Å². The van der Waals surface area contributed by atoms with E-state index in [1.54, 1.807) is 101 Å². The number of amides is 3. The second kappa shape index (κ2) is 32.8. The number of hydrogen-bond acceptors (Lipinski definition) is 16. The number of fused-ring (bicyclic) bond motifs is 3. The minimum atomic E-state index is -0.809. The number of nitrogens with zero attached hydrogens (tertiary/aromatic N) is 10. The number of para-hydroxylation sites is 3. The molecular weight excluding hydrogens is 1420 g/mol. The number of nitrogens with one attached hydrogen (secondary N) is 3. The van der Waals surface area contributed by atoms with Gasteiger partial charge in [0, 0.05) is 87.2 Å². The normalized spacial score (nSPS) is 15.8. The zero-order valence-electron chi connectivity index (χ0n) is 60.0. The lowest BCUT2D eigenvalue weighted by Crippen LogP contribution is -2.40. The van der Waals surface area contributed by atoms with Crippen molar-refractivity contribution in [2.45, 2.75) is 56.7 Å². The number of nitrogens with two attached hydrogens (primary N) is 3. The molecule has 564 valence electrons. The van der Waals surface area contributed by atoms with Gasteiger partial charge in [-0.3, -0.25) is 28.8 Å². The molecule has 29 heteroatoms. The van der Waals surface area contributed by atoms with Crippen molar-refractivity contribution in [2.75, 3.05) is 77.1 Å². The summed E-state index contributed by atoms with van der Waals surface area (Å²) in [4.78, 5) is 83.2. The fraction of sp³-hybridized carbons (Fsp3) is 0.222. The van der Waals surface area contributed by atoms with E-state index in [2.05, 4.69) is 43.7 Å². The first kappa shape index (κ1) is 74.9. The van der Waals surface area contributed by atoms with E-state index in [1.807, 2.05) is 86.5 Å². The van der Waals surface area contributed by atoms with Gasteiger partial charge in [0.05, 0.1) is 34.3 Å². The Balaban J connectivity index is 0.000000145. The van der Waals surface area contributed by atoms with Crippen molar-refractivity contribution in [3.05, 3.63) is 250 Å². The van der Waals surface area contributed by atoms with Gasteiger partial charge in [-0.25, -0.2) is 32.9 Å². The van der Waals surface area contributed by atoms with E-state index >= 15 is 0 Å². The van der Waals surface area contributed by atoms with Gasteiger partial charge < -0.3 is 64.7 Å². The Morgan fingerprint density at radius 3 is 1.14 bits per heavy atom. The van der Waals surface area contributed by atoms with Crippen LogP contribution in [0.15, 0.2) is 210 Å². The van der Waals surface area contributed by atoms with E-state index in [1.165, 1.54) is 30.4 Å². The number of ether oxygens (including phenoxy) is 3. The van der Waals surface area contributed by atoms with Crippen molar-refractivity contribution in [3.8, 4) is 67.9 Å². The van der Waals surface area contributed by atoms with Crippen LogP contribution in [0.5, 0.6) is 34.5 Å². The highest BCUT2D eigenvalue weighted by Gasteiger charge is 2.32. The summed E-state index contributed by atoms with van der Waals surface area (Å²) in [5, 5.41) is 20.9. The fourth-order valence-electron chi connectivity index (χ4n) is 14.2. The number of rotatable bonds is 17. The van der Waals surface area contributed by atoms with Gasteiger partial charge in [0.1, 0.15) is 33.8 Å². The first-order chi connectivity index (χ1) is 53.1. The molecule has 0 aliphatic carbocycles. The van der Waals surface area contributed by atoms with Gasteiger partial charge in [-0.15, -0.1) is 0 Å². The molecule has 3 amide bonds. The third-order valence-corrected chi connectivity index (χ3v) is 19.5. The zero-order valence-corrected chi connectivity index (χ0v) is 60.0. The minimum absolute atomic E-state index is 0.0428. The second-order valence-electron chi connectivity index (χ2n) is 26.9. The predicted molar refractivity (Wildman–Crippen MR) is 413 cm³/mol. The molecule has 3 saturated heterocycles. The Bertz CT molecular complexity index is 5650. The quantitative estimate of drug-likeness (QED) is 0.0364. The zero-order chi connectivity index (χ0) is 77.4. The number of hydrogen-bond donors (Lipinski definition) is 6. The van der Waals surface area contributed by atoms with Gasteiger partial charge in [-0.2, -0.15) is 15.3 Å². The number of aromatic amines is 3. The summed E-state index contributed by atoms with van der Waals surface area (Å²) < 4.78 is 78.3. The van der Waals surface area contributed by atoms with E-state index in [9.17, 15) is 46.3 Å². The monoisotopic (exact) mass is 1490 g/mol. The number of benzene rings is 6. The molecule has 25 nitrogen and oxygen atoms in total. The summed E-state index contributed by atoms with van der Waals surface area (Å²) >= 11 is 0. The molecule has 9 N–H and O–H groups in total. The number of likely N-dealkylation sites (N-methyl/N-ethyl adjacent to an activating group) is 1. The standard InChI is InChI=1S/C29H31FN6O3.C26H23F2N5O3.C26H24FN5O3/c1-34(2)15-6-10-25(37)35-16-5-7-20(17-35)36-18-22(26-27(36)29(38)33-32-28(26)31)19-11-13-21(14-12-19)39-24-9-4-3-8-23(24)30;1-2-21(34)32-12-4-5-16(13-32)33-14-18(22-23(33)26(35)31-30-25(22)29)15-8-10-17(11-9-15)36-24-19(27)6-3-7-20(24)28;1-2-22(33)31-13-5-6-17(14-31)32-15-19(23-24(32)26(34)30-29-25(23)28)16-9-11-18(12-10-16)35-21-8-4-3-7-20(21)27/h3-4,6,8-14,18,20H,5,7,15-17H2,1-2H3,(H2,31,32)(H,33,38);2-3,6-11,14,16H,1,4-5,12-13H2,(H2,29,30)(H,31,35);2-4,7-12,15,17H,1,5-6,13-14H2,(H2,28,29)(H,30,34)/b10-6+;;/t20-;16-;17-/m111/s1. The van der Waals surface area contributed by atoms with Crippen molar-refractivity contribution >= 4 is 67.9 Å². The molecule has 3 atom stereocenters. The summed E-state index contributed by atoms with van der Waals surface area (Å²) in [6, 6.07) is 36.4. The average molecular weight is 1500 g/mol. The van der Waals surface area contributed by atoms with Crippen LogP contribution in [0.2, 0.25) is 0 Å². The Morgan fingerprint density at radius 2 is 0.800 bits per heavy atom. The highest BCUT2D eigenvalue weighted by atomic mass is 19.1. The lowest BCUT2D eigenvalue weighted by atomic mass is 10.1. The molecule has 0 saturated carbocycles. The maximum atomic E-state index is 14.0. The Morgan fingerprint density at radius 1 is 0.473 bits per heavy atom. The highest BCUT2D eigenvalue weighted by molar-refractivity contribution is 6.04. The van der Waals surface area contributed by atoms with Gasteiger partial charge in [-0.1, -0.05) is 86.0 Å². The second-order valence-corrected chi connectivity index (χ2v) is 26.9. The first-order valence-corrected chi connectivity index (χ1v) is 35.5. The Hall–Kier alpha value is -13.3. The van der Waals surface area contributed by atoms with Gasteiger partial charge >= 0.3 is 0 Å². The van der Waals surface area contributed by atoms with E-state index in [0.29, 0.717) is 101 Å². The molecule has 0 bridgehead atoms. The summed E-state index contributed by atoms with van der Waals surface area (Å²) in [5.74, 6) is -1.33. The Labute approximate surface area is 626 Å². The fourth-order valence-corrected chi connectivity index (χ4v) is 14.2. The molecule has 0 radical (unpaired) electrons. The number of carbonyl (C=O) groups is 3. The molecular formula is C81H78F4N16O9. The van der Waals surface area contributed by atoms with Crippen LogP contribution in [-0.2, 0) is 14.4 Å². The SMILES string of the molecule is C=CC(=O)N1CCC[C@@H](n2cc(-c3ccc(Oc4c(F)cccc4F)cc3)c3c(N)n[nH]c(=O)c32)C1.C=CC(=O)N1CCC[C@@H](n2cc(-c3ccc(Oc4ccccc4F)cc3)c3c(N)n[nH]c(=O)c32)C1.CN(C)C/C=C/C(=O)N1CCC[C@@H](n2cc(-c3ccc(Oc4ccccc4F)cc3)c3c(N)n[nH]c(=O)c32)C1. The molecule has 3 aliphatic heterocycles.